The highest BCUT2D eigenvalue weighted by Gasteiger charge is 2.44. The van der Waals surface area contributed by atoms with E-state index in [4.69, 9.17) is 14.2 Å². The first kappa shape index (κ1) is 69.4. The summed E-state index contributed by atoms with van der Waals surface area (Å²) in [5.41, 5.74) is 0. The van der Waals surface area contributed by atoms with Gasteiger partial charge in [-0.1, -0.05) is 222 Å². The Morgan fingerprint density at radius 1 is 0.500 bits per heavy atom. The first-order valence-electron chi connectivity index (χ1n) is 30.6. The number of unbranched alkanes of at least 4 members (excludes halogenated alkanes) is 30. The molecule has 0 aromatic carbocycles. The average Bonchev–Trinajstić information content (AvgIpc) is 3.40. The Balaban J connectivity index is 2.10. The zero-order chi connectivity index (χ0) is 53.8. The van der Waals surface area contributed by atoms with Gasteiger partial charge in [0.25, 0.3) is 0 Å². The van der Waals surface area contributed by atoms with Crippen LogP contribution in [0, 0.1) is 0 Å². The van der Waals surface area contributed by atoms with Gasteiger partial charge in [-0.05, 0) is 89.9 Å². The van der Waals surface area contributed by atoms with Gasteiger partial charge in [0.15, 0.2) is 6.29 Å². The van der Waals surface area contributed by atoms with Gasteiger partial charge in [-0.2, -0.15) is 0 Å². The van der Waals surface area contributed by atoms with Crippen molar-refractivity contribution in [2.75, 3.05) is 19.8 Å². The fourth-order valence-electron chi connectivity index (χ4n) is 9.22. The van der Waals surface area contributed by atoms with Crippen molar-refractivity contribution >= 4 is 11.9 Å². The molecule has 1 aliphatic rings. The third-order valence-corrected chi connectivity index (χ3v) is 14.1. The number of hydrogen-bond acceptors (Lipinski definition) is 10. The van der Waals surface area contributed by atoms with Crippen LogP contribution in [0.3, 0.4) is 0 Å². The number of allylic oxidation sites excluding steroid dienone is 8. The zero-order valence-electron chi connectivity index (χ0n) is 47.3. The van der Waals surface area contributed by atoms with Crippen molar-refractivity contribution in [2.24, 2.45) is 0 Å². The Bertz CT molecular complexity index is 1410. The SMILES string of the molecule is CCCCC/C=C\CCCCCCCC(=O)OCC/C=C\C/C=C\CCCCCCCCCCCCCCCCC(=O)NC(COC1OC(CO)C(O)C(O)C1O)C(O)/C=C/CC/C=C/CCCCCCCCC. The summed E-state index contributed by atoms with van der Waals surface area (Å²) in [4.78, 5) is 25.0. The summed E-state index contributed by atoms with van der Waals surface area (Å²) in [6, 6.07) is -0.832. The molecule has 1 saturated heterocycles. The summed E-state index contributed by atoms with van der Waals surface area (Å²) >= 11 is 0. The van der Waals surface area contributed by atoms with Crippen LogP contribution in [-0.2, 0) is 23.8 Å². The average molecular weight is 1040 g/mol. The molecule has 430 valence electrons. The van der Waals surface area contributed by atoms with Gasteiger partial charge in [0, 0.05) is 12.8 Å². The molecule has 74 heavy (non-hydrogen) atoms. The van der Waals surface area contributed by atoms with Gasteiger partial charge < -0.3 is 45.1 Å². The monoisotopic (exact) mass is 1040 g/mol. The van der Waals surface area contributed by atoms with Gasteiger partial charge in [0.05, 0.1) is 32.0 Å². The Hall–Kier alpha value is -2.64. The topological polar surface area (TPSA) is 175 Å². The molecule has 11 heteroatoms. The van der Waals surface area contributed by atoms with Crippen LogP contribution in [0.25, 0.3) is 0 Å². The summed E-state index contributed by atoms with van der Waals surface area (Å²) in [6.45, 7) is 4.17. The lowest BCUT2D eigenvalue weighted by molar-refractivity contribution is -0.302. The molecule has 11 nitrogen and oxygen atoms in total. The number of hydrogen-bond donors (Lipinski definition) is 6. The van der Waals surface area contributed by atoms with Gasteiger partial charge in [-0.25, -0.2) is 0 Å². The highest BCUT2D eigenvalue weighted by molar-refractivity contribution is 5.76. The molecule has 0 aliphatic carbocycles. The van der Waals surface area contributed by atoms with Crippen molar-refractivity contribution in [1.29, 1.82) is 0 Å². The van der Waals surface area contributed by atoms with Crippen molar-refractivity contribution in [3.05, 3.63) is 60.8 Å². The van der Waals surface area contributed by atoms with Crippen molar-refractivity contribution in [3.8, 4) is 0 Å². The van der Waals surface area contributed by atoms with Gasteiger partial charge in [-0.15, -0.1) is 0 Å². The molecule has 1 fully saturated rings. The third-order valence-electron chi connectivity index (χ3n) is 14.1. The van der Waals surface area contributed by atoms with Crippen LogP contribution in [-0.4, -0.2) is 100 Å². The minimum absolute atomic E-state index is 0.0597. The minimum atomic E-state index is -1.58. The van der Waals surface area contributed by atoms with E-state index < -0.39 is 49.5 Å². The zero-order valence-corrected chi connectivity index (χ0v) is 47.3. The van der Waals surface area contributed by atoms with E-state index >= 15 is 0 Å². The molecule has 0 bridgehead atoms. The molecule has 1 heterocycles. The normalized spacial score (nSPS) is 19.3. The smallest absolute Gasteiger partial charge is 0.305 e. The second-order valence-electron chi connectivity index (χ2n) is 21.0. The first-order valence-corrected chi connectivity index (χ1v) is 30.6. The van der Waals surface area contributed by atoms with Gasteiger partial charge in [-0.3, -0.25) is 9.59 Å². The molecule has 0 spiro atoms. The first-order chi connectivity index (χ1) is 36.2. The Morgan fingerprint density at radius 2 is 0.919 bits per heavy atom. The summed E-state index contributed by atoms with van der Waals surface area (Å²) in [7, 11) is 0. The Kier molecular flexibility index (Phi) is 49.1. The predicted molar refractivity (Wildman–Crippen MR) is 306 cm³/mol. The number of esters is 1. The largest absolute Gasteiger partial charge is 0.465 e. The molecule has 0 radical (unpaired) electrons. The quantitative estimate of drug-likeness (QED) is 0.0195. The summed E-state index contributed by atoms with van der Waals surface area (Å²) in [6.07, 6.45) is 57.6. The van der Waals surface area contributed by atoms with Crippen LogP contribution in [0.4, 0.5) is 0 Å². The number of aliphatic hydroxyl groups is 5. The number of aliphatic hydroxyl groups excluding tert-OH is 5. The van der Waals surface area contributed by atoms with Gasteiger partial charge in [0.1, 0.15) is 24.4 Å². The molecule has 7 atom stereocenters. The number of carbonyl (C=O) groups excluding carboxylic acids is 2. The fourth-order valence-corrected chi connectivity index (χ4v) is 9.22. The second kappa shape index (κ2) is 52.4. The molecule has 0 aromatic heterocycles. The summed E-state index contributed by atoms with van der Waals surface area (Å²) in [5, 5.41) is 54.4. The van der Waals surface area contributed by atoms with Crippen molar-refractivity contribution in [1.82, 2.24) is 5.32 Å². The Morgan fingerprint density at radius 3 is 1.45 bits per heavy atom. The fraction of sp³-hybridized carbons (Fsp3) is 0.810. The van der Waals surface area contributed by atoms with Crippen LogP contribution >= 0.6 is 0 Å². The number of nitrogens with one attached hydrogen (secondary N) is 1. The lowest BCUT2D eigenvalue weighted by Crippen LogP contribution is -2.60. The minimum Gasteiger partial charge on any atom is -0.465 e. The maximum atomic E-state index is 13.0. The standard InChI is InChI=1S/C63H113NO10/c1-3-5-7-9-11-13-15-26-29-33-37-41-45-49-56(66)55(54-73-63-62(71)61(70)60(69)57(53-65)74-63)64-58(67)50-46-42-38-34-30-27-24-22-20-18-17-19-21-23-25-28-32-36-40-44-48-52-72-59(68)51-47-43-39-35-31-16-14-12-10-8-6-4-2/h12,14,28-29,32-33,40,44-45,49,55-57,60-63,65-66,69-71H,3-11,13,15-27,30-31,34-39,41-43,46-48,50-54H2,1-2H3,(H,64,67)/b14-12-,32-28-,33-29+,44-40-,49-45+. The van der Waals surface area contributed by atoms with E-state index in [-0.39, 0.29) is 18.5 Å². The second-order valence-corrected chi connectivity index (χ2v) is 21.0. The van der Waals surface area contributed by atoms with Gasteiger partial charge >= 0.3 is 5.97 Å². The van der Waals surface area contributed by atoms with E-state index in [9.17, 15) is 35.1 Å². The van der Waals surface area contributed by atoms with E-state index in [1.165, 1.54) is 161 Å². The lowest BCUT2D eigenvalue weighted by Gasteiger charge is -2.40. The van der Waals surface area contributed by atoms with Crippen LogP contribution in [0.1, 0.15) is 264 Å². The maximum Gasteiger partial charge on any atom is 0.305 e. The van der Waals surface area contributed by atoms with Crippen LogP contribution in [0.2, 0.25) is 0 Å². The van der Waals surface area contributed by atoms with Gasteiger partial charge in [0.2, 0.25) is 5.91 Å². The summed E-state index contributed by atoms with van der Waals surface area (Å²) < 4.78 is 16.6. The molecule has 0 aromatic rings. The predicted octanol–water partition coefficient (Wildman–Crippen LogP) is 14.2. The highest BCUT2D eigenvalue weighted by Crippen LogP contribution is 2.23. The van der Waals surface area contributed by atoms with Crippen LogP contribution in [0.5, 0.6) is 0 Å². The third kappa shape index (κ3) is 41.5. The highest BCUT2D eigenvalue weighted by atomic mass is 16.7. The van der Waals surface area contributed by atoms with Crippen molar-refractivity contribution < 1.29 is 49.3 Å². The van der Waals surface area contributed by atoms with Crippen molar-refractivity contribution in [2.45, 2.75) is 307 Å². The molecular formula is C63H113NO10. The van der Waals surface area contributed by atoms with E-state index in [0.29, 0.717) is 19.4 Å². The molecule has 6 N–H and O–H groups in total. The van der Waals surface area contributed by atoms with E-state index in [0.717, 1.165) is 77.0 Å². The van der Waals surface area contributed by atoms with Crippen LogP contribution < -0.4 is 5.32 Å². The van der Waals surface area contributed by atoms with E-state index in [1.54, 1.807) is 6.08 Å². The number of rotatable bonds is 52. The van der Waals surface area contributed by atoms with Crippen molar-refractivity contribution in [3.63, 3.8) is 0 Å². The molecule has 1 rings (SSSR count). The lowest BCUT2D eigenvalue weighted by atomic mass is 9.99. The van der Waals surface area contributed by atoms with Crippen LogP contribution in [0.15, 0.2) is 60.8 Å². The number of amides is 1. The van der Waals surface area contributed by atoms with E-state index in [2.05, 4.69) is 67.8 Å². The molecule has 7 unspecified atom stereocenters. The Labute approximate surface area is 452 Å². The molecule has 1 amide bonds. The maximum absolute atomic E-state index is 13.0. The number of ether oxygens (including phenoxy) is 3. The number of carbonyl (C=O) groups is 2. The molecule has 1 aliphatic heterocycles. The molecule has 0 saturated carbocycles. The van der Waals surface area contributed by atoms with E-state index in [1.807, 2.05) is 6.08 Å². The molecular weight excluding hydrogens is 931 g/mol. The summed E-state index contributed by atoms with van der Waals surface area (Å²) in [5.74, 6) is -0.257.